The van der Waals surface area contributed by atoms with Crippen molar-refractivity contribution in [2.75, 3.05) is 0 Å². The zero-order valence-electron chi connectivity index (χ0n) is 18.3. The molecule has 1 N–H and O–H groups in total. The SMILES string of the molecule is Cc1ccc(S(=O)(=O)Oc2cccc(C=C3C(=N)N4N=C(CC(C)C)SC4=NC3=O)c2)cc1. The van der Waals surface area contributed by atoms with Gasteiger partial charge in [-0.3, -0.25) is 10.2 Å². The highest BCUT2D eigenvalue weighted by Crippen LogP contribution is 2.31. The summed E-state index contributed by atoms with van der Waals surface area (Å²) < 4.78 is 30.4. The van der Waals surface area contributed by atoms with E-state index in [1.165, 1.54) is 47.1 Å². The van der Waals surface area contributed by atoms with Crippen LogP contribution in [0.1, 0.15) is 31.4 Å². The summed E-state index contributed by atoms with van der Waals surface area (Å²) in [5.74, 6) is -0.136. The average molecular weight is 483 g/mol. The maximum atomic E-state index is 12.6. The third kappa shape index (κ3) is 5.07. The first-order chi connectivity index (χ1) is 15.6. The molecule has 2 heterocycles. The van der Waals surface area contributed by atoms with Crippen LogP contribution >= 0.6 is 11.8 Å². The molecular weight excluding hydrogens is 460 g/mol. The quantitative estimate of drug-likeness (QED) is 0.482. The van der Waals surface area contributed by atoms with E-state index in [9.17, 15) is 13.2 Å². The van der Waals surface area contributed by atoms with Crippen LogP contribution < -0.4 is 4.18 Å². The number of thioether (sulfide) groups is 1. The Labute approximate surface area is 196 Å². The maximum absolute atomic E-state index is 12.6. The highest BCUT2D eigenvalue weighted by molar-refractivity contribution is 8.26. The Hall–Kier alpha value is -3.24. The van der Waals surface area contributed by atoms with E-state index >= 15 is 0 Å². The van der Waals surface area contributed by atoms with Gasteiger partial charge < -0.3 is 4.18 Å². The molecule has 0 aliphatic carbocycles. The summed E-state index contributed by atoms with van der Waals surface area (Å²) in [6.45, 7) is 6.00. The number of amides is 1. The Morgan fingerprint density at radius 3 is 2.61 bits per heavy atom. The molecule has 0 fully saturated rings. The van der Waals surface area contributed by atoms with E-state index in [0.29, 0.717) is 16.6 Å². The van der Waals surface area contributed by atoms with Gasteiger partial charge in [0.15, 0.2) is 5.84 Å². The van der Waals surface area contributed by atoms with E-state index < -0.39 is 16.0 Å². The number of nitrogens with one attached hydrogen (secondary N) is 1. The second-order valence-electron chi connectivity index (χ2n) is 8.03. The third-order valence-corrected chi connectivity index (χ3v) is 6.96. The van der Waals surface area contributed by atoms with Crippen molar-refractivity contribution in [2.24, 2.45) is 16.0 Å². The van der Waals surface area contributed by atoms with Gasteiger partial charge in [-0.25, -0.2) is 0 Å². The summed E-state index contributed by atoms with van der Waals surface area (Å²) in [5.41, 5.74) is 1.49. The monoisotopic (exact) mass is 482 g/mol. The Kier molecular flexibility index (Phi) is 6.22. The van der Waals surface area contributed by atoms with Crippen LogP contribution in [0.2, 0.25) is 0 Å². The number of hydrogen-bond acceptors (Lipinski definition) is 7. The minimum Gasteiger partial charge on any atom is -0.379 e. The molecule has 33 heavy (non-hydrogen) atoms. The third-order valence-electron chi connectivity index (χ3n) is 4.76. The van der Waals surface area contributed by atoms with Crippen LogP contribution in [0, 0.1) is 18.3 Å². The molecule has 170 valence electrons. The lowest BCUT2D eigenvalue weighted by Crippen LogP contribution is -2.35. The average Bonchev–Trinajstić information content (AvgIpc) is 3.13. The van der Waals surface area contributed by atoms with E-state index in [0.717, 1.165) is 17.0 Å². The number of aryl methyl sites for hydroxylation is 1. The molecule has 0 bridgehead atoms. The fourth-order valence-corrected chi connectivity index (χ4v) is 5.19. The molecule has 2 aliphatic heterocycles. The Morgan fingerprint density at radius 2 is 1.91 bits per heavy atom. The predicted molar refractivity (Wildman–Crippen MR) is 130 cm³/mol. The molecule has 0 radical (unpaired) electrons. The zero-order valence-corrected chi connectivity index (χ0v) is 19.9. The number of carbonyl (C=O) groups is 1. The van der Waals surface area contributed by atoms with Crippen LogP contribution in [0.25, 0.3) is 6.08 Å². The summed E-state index contributed by atoms with van der Waals surface area (Å²) in [5, 5.41) is 15.4. The number of fused-ring (bicyclic) bond motifs is 1. The second kappa shape index (κ2) is 8.95. The normalized spacial score (nSPS) is 17.3. The molecule has 0 unspecified atom stereocenters. The fraction of sp³-hybridized carbons (Fsp3) is 0.217. The van der Waals surface area contributed by atoms with Crippen molar-refractivity contribution in [3.8, 4) is 5.75 Å². The van der Waals surface area contributed by atoms with E-state index in [-0.39, 0.29) is 22.1 Å². The molecular formula is C23H22N4O4S2. The van der Waals surface area contributed by atoms with Gasteiger partial charge in [-0.1, -0.05) is 43.7 Å². The number of nitrogens with zero attached hydrogens (tertiary/aromatic N) is 3. The first-order valence-corrected chi connectivity index (χ1v) is 12.4. The van der Waals surface area contributed by atoms with Gasteiger partial charge in [0.25, 0.3) is 5.91 Å². The highest BCUT2D eigenvalue weighted by atomic mass is 32.2. The van der Waals surface area contributed by atoms with E-state index in [2.05, 4.69) is 23.9 Å². The number of aliphatic imine (C=N–C) groups is 1. The lowest BCUT2D eigenvalue weighted by Gasteiger charge is -2.20. The number of rotatable bonds is 6. The molecule has 0 atom stereocenters. The van der Waals surface area contributed by atoms with Crippen LogP contribution in [0.3, 0.4) is 0 Å². The highest BCUT2D eigenvalue weighted by Gasteiger charge is 2.35. The summed E-state index contributed by atoms with van der Waals surface area (Å²) >= 11 is 1.30. The molecule has 0 saturated carbocycles. The smallest absolute Gasteiger partial charge is 0.339 e. The van der Waals surface area contributed by atoms with Crippen LogP contribution in [0.15, 0.2) is 69.1 Å². The minimum atomic E-state index is -4.01. The van der Waals surface area contributed by atoms with Gasteiger partial charge in [0, 0.05) is 6.42 Å². The minimum absolute atomic E-state index is 0.0459. The fourth-order valence-electron chi connectivity index (χ4n) is 3.17. The molecule has 2 aromatic rings. The van der Waals surface area contributed by atoms with Crippen LogP contribution in [0.4, 0.5) is 0 Å². The molecule has 0 aromatic heterocycles. The zero-order chi connectivity index (χ0) is 23.8. The van der Waals surface area contributed by atoms with Crippen molar-refractivity contribution in [1.29, 1.82) is 5.41 Å². The summed E-state index contributed by atoms with van der Waals surface area (Å²) in [7, 11) is -4.01. The first kappa shape index (κ1) is 22.9. The number of carbonyl (C=O) groups excluding carboxylic acids is 1. The van der Waals surface area contributed by atoms with Crippen LogP contribution in [-0.2, 0) is 14.9 Å². The van der Waals surface area contributed by atoms with Gasteiger partial charge in [-0.2, -0.15) is 23.5 Å². The number of benzene rings is 2. The van der Waals surface area contributed by atoms with Gasteiger partial charge in [-0.05, 0) is 60.5 Å². The van der Waals surface area contributed by atoms with Gasteiger partial charge in [0.05, 0.1) is 5.57 Å². The predicted octanol–water partition coefficient (Wildman–Crippen LogP) is 4.43. The van der Waals surface area contributed by atoms with Gasteiger partial charge in [0.2, 0.25) is 5.17 Å². The van der Waals surface area contributed by atoms with Crippen molar-refractivity contribution in [3.63, 3.8) is 0 Å². The lowest BCUT2D eigenvalue weighted by atomic mass is 10.1. The van der Waals surface area contributed by atoms with Gasteiger partial charge in [-0.15, -0.1) is 0 Å². The van der Waals surface area contributed by atoms with E-state index in [1.807, 2.05) is 6.92 Å². The van der Waals surface area contributed by atoms with E-state index in [1.54, 1.807) is 24.3 Å². The molecule has 1 amide bonds. The van der Waals surface area contributed by atoms with Crippen molar-refractivity contribution >= 4 is 49.9 Å². The van der Waals surface area contributed by atoms with Crippen molar-refractivity contribution in [2.45, 2.75) is 32.1 Å². The van der Waals surface area contributed by atoms with Crippen LogP contribution in [0.5, 0.6) is 5.75 Å². The summed E-state index contributed by atoms with van der Waals surface area (Å²) in [6, 6.07) is 12.7. The molecule has 8 nitrogen and oxygen atoms in total. The molecule has 2 aromatic carbocycles. The first-order valence-electron chi connectivity index (χ1n) is 10.2. The summed E-state index contributed by atoms with van der Waals surface area (Å²) in [6.07, 6.45) is 2.21. The van der Waals surface area contributed by atoms with Crippen LogP contribution in [-0.4, -0.2) is 35.4 Å². The number of hydrogen-bond donors (Lipinski definition) is 1. The standard InChI is InChI=1S/C23H22N4O4S2/c1-14(2)11-20-26-27-21(24)19(22(28)25-23(27)32-20)13-16-5-4-6-17(12-16)31-33(29,30)18-9-7-15(3)8-10-18/h4-10,12-14,24H,11H2,1-3H3. The molecule has 4 rings (SSSR count). The topological polar surface area (TPSA) is 112 Å². The Morgan fingerprint density at radius 1 is 1.18 bits per heavy atom. The molecule has 10 heteroatoms. The van der Waals surface area contributed by atoms with Gasteiger partial charge in [0.1, 0.15) is 15.7 Å². The molecule has 0 spiro atoms. The second-order valence-corrected chi connectivity index (χ2v) is 10.6. The van der Waals surface area contributed by atoms with Crippen molar-refractivity contribution in [3.05, 3.63) is 65.2 Å². The molecule has 2 aliphatic rings. The Balaban J connectivity index is 1.58. The Bertz CT molecular complexity index is 1330. The van der Waals surface area contributed by atoms with Crippen molar-refractivity contribution < 1.29 is 17.4 Å². The maximum Gasteiger partial charge on any atom is 0.339 e. The summed E-state index contributed by atoms with van der Waals surface area (Å²) in [4.78, 5) is 16.7. The number of amidine groups is 2. The number of hydrazone groups is 1. The van der Waals surface area contributed by atoms with Crippen molar-refractivity contribution in [1.82, 2.24) is 5.01 Å². The largest absolute Gasteiger partial charge is 0.379 e. The molecule has 0 saturated heterocycles. The van der Waals surface area contributed by atoms with E-state index in [4.69, 9.17) is 9.59 Å². The lowest BCUT2D eigenvalue weighted by molar-refractivity contribution is -0.114. The van der Waals surface area contributed by atoms with Gasteiger partial charge >= 0.3 is 10.1 Å².